The van der Waals surface area contributed by atoms with E-state index in [1.165, 1.54) is 11.1 Å². The highest BCUT2D eigenvalue weighted by Crippen LogP contribution is 2.13. The number of rotatable bonds is 6. The van der Waals surface area contributed by atoms with E-state index >= 15 is 0 Å². The second-order valence-corrected chi connectivity index (χ2v) is 4.92. The molecule has 2 rings (SSSR count). The van der Waals surface area contributed by atoms with Gasteiger partial charge in [0.15, 0.2) is 0 Å². The van der Waals surface area contributed by atoms with Crippen LogP contribution in [0.3, 0.4) is 0 Å². The first-order chi connectivity index (χ1) is 9.25. The fourth-order valence-electron chi connectivity index (χ4n) is 2.09. The molecular weight excluding hydrogens is 234 g/mol. The first kappa shape index (κ1) is 13.6. The fraction of sp³-hybridized carbons (Fsp3) is 0.294. The first-order valence-corrected chi connectivity index (χ1v) is 6.65. The SMILES string of the molecule is CN(C)Cc1ccccc1CCOc1ccccc1. The Kier molecular flexibility index (Phi) is 4.99. The summed E-state index contributed by atoms with van der Waals surface area (Å²) >= 11 is 0. The normalized spacial score (nSPS) is 10.7. The number of hydrogen-bond acceptors (Lipinski definition) is 2. The summed E-state index contributed by atoms with van der Waals surface area (Å²) in [5.41, 5.74) is 2.75. The maximum absolute atomic E-state index is 5.76. The molecule has 100 valence electrons. The lowest BCUT2D eigenvalue weighted by Gasteiger charge is -2.14. The summed E-state index contributed by atoms with van der Waals surface area (Å²) in [4.78, 5) is 2.19. The van der Waals surface area contributed by atoms with Gasteiger partial charge in [-0.1, -0.05) is 42.5 Å². The van der Waals surface area contributed by atoms with E-state index in [2.05, 4.69) is 43.3 Å². The molecule has 0 amide bonds. The summed E-state index contributed by atoms with van der Waals surface area (Å²) in [6.07, 6.45) is 0.943. The third kappa shape index (κ3) is 4.42. The summed E-state index contributed by atoms with van der Waals surface area (Å²) in [6.45, 7) is 1.69. The Balaban J connectivity index is 1.92. The van der Waals surface area contributed by atoms with Crippen molar-refractivity contribution < 1.29 is 4.74 Å². The second-order valence-electron chi connectivity index (χ2n) is 4.92. The Morgan fingerprint density at radius 3 is 2.16 bits per heavy atom. The van der Waals surface area contributed by atoms with Gasteiger partial charge in [-0.25, -0.2) is 0 Å². The van der Waals surface area contributed by atoms with Crippen LogP contribution in [0, 0.1) is 0 Å². The molecule has 0 aromatic heterocycles. The summed E-state index contributed by atoms with van der Waals surface area (Å²) in [7, 11) is 4.19. The van der Waals surface area contributed by atoms with Crippen molar-refractivity contribution >= 4 is 0 Å². The van der Waals surface area contributed by atoms with Crippen molar-refractivity contribution in [1.82, 2.24) is 4.90 Å². The standard InChI is InChI=1S/C17H21NO/c1-18(2)14-16-9-7-6-8-15(16)12-13-19-17-10-4-3-5-11-17/h3-11H,12-14H2,1-2H3. The molecule has 2 aromatic rings. The maximum atomic E-state index is 5.76. The fourth-order valence-corrected chi connectivity index (χ4v) is 2.09. The molecule has 19 heavy (non-hydrogen) atoms. The predicted octanol–water partition coefficient (Wildman–Crippen LogP) is 3.37. The molecule has 0 radical (unpaired) electrons. The number of para-hydroxylation sites is 1. The van der Waals surface area contributed by atoms with Crippen LogP contribution in [0.4, 0.5) is 0 Å². The molecule has 0 heterocycles. The van der Waals surface area contributed by atoms with Gasteiger partial charge in [0.1, 0.15) is 5.75 Å². The van der Waals surface area contributed by atoms with E-state index in [0.29, 0.717) is 6.61 Å². The first-order valence-electron chi connectivity index (χ1n) is 6.65. The van der Waals surface area contributed by atoms with E-state index in [-0.39, 0.29) is 0 Å². The van der Waals surface area contributed by atoms with Gasteiger partial charge < -0.3 is 9.64 Å². The van der Waals surface area contributed by atoms with Gasteiger partial charge in [0.25, 0.3) is 0 Å². The van der Waals surface area contributed by atoms with Gasteiger partial charge in [0, 0.05) is 13.0 Å². The molecule has 0 bridgehead atoms. The summed E-state index contributed by atoms with van der Waals surface area (Å²) < 4.78 is 5.76. The maximum Gasteiger partial charge on any atom is 0.119 e. The van der Waals surface area contributed by atoms with Crippen LogP contribution >= 0.6 is 0 Å². The van der Waals surface area contributed by atoms with Crippen LogP contribution < -0.4 is 4.74 Å². The molecule has 0 N–H and O–H groups in total. The van der Waals surface area contributed by atoms with Crippen molar-refractivity contribution in [2.45, 2.75) is 13.0 Å². The zero-order valence-corrected chi connectivity index (χ0v) is 11.7. The molecule has 0 unspecified atom stereocenters. The van der Waals surface area contributed by atoms with Crippen molar-refractivity contribution in [2.24, 2.45) is 0 Å². The van der Waals surface area contributed by atoms with Gasteiger partial charge in [0.2, 0.25) is 0 Å². The van der Waals surface area contributed by atoms with Crippen LogP contribution in [0.5, 0.6) is 5.75 Å². The number of nitrogens with zero attached hydrogens (tertiary/aromatic N) is 1. The van der Waals surface area contributed by atoms with Crippen LogP contribution in [-0.4, -0.2) is 25.6 Å². The minimum Gasteiger partial charge on any atom is -0.493 e. The molecule has 0 aliphatic carbocycles. The lowest BCUT2D eigenvalue weighted by atomic mass is 10.0. The van der Waals surface area contributed by atoms with E-state index in [0.717, 1.165) is 18.7 Å². The lowest BCUT2D eigenvalue weighted by molar-refractivity contribution is 0.320. The molecule has 0 saturated carbocycles. The van der Waals surface area contributed by atoms with Gasteiger partial charge in [-0.2, -0.15) is 0 Å². The van der Waals surface area contributed by atoms with E-state index in [9.17, 15) is 0 Å². The molecule has 0 fully saturated rings. The number of hydrogen-bond donors (Lipinski definition) is 0. The zero-order valence-electron chi connectivity index (χ0n) is 11.7. The summed E-state index contributed by atoms with van der Waals surface area (Å²) in [5, 5.41) is 0. The second kappa shape index (κ2) is 6.95. The average Bonchev–Trinajstić information content (AvgIpc) is 2.41. The Hall–Kier alpha value is -1.80. The van der Waals surface area contributed by atoms with Gasteiger partial charge >= 0.3 is 0 Å². The molecule has 2 aromatic carbocycles. The predicted molar refractivity (Wildman–Crippen MR) is 79.5 cm³/mol. The third-order valence-electron chi connectivity index (χ3n) is 2.99. The van der Waals surface area contributed by atoms with E-state index in [1.807, 2.05) is 30.3 Å². The molecular formula is C17H21NO. The highest BCUT2D eigenvalue weighted by Gasteiger charge is 2.03. The molecule has 0 aliphatic heterocycles. The van der Waals surface area contributed by atoms with Crippen LogP contribution in [-0.2, 0) is 13.0 Å². The van der Waals surface area contributed by atoms with Crippen molar-refractivity contribution in [3.8, 4) is 5.75 Å². The van der Waals surface area contributed by atoms with Gasteiger partial charge in [-0.05, 0) is 37.4 Å². The van der Waals surface area contributed by atoms with Crippen molar-refractivity contribution in [3.63, 3.8) is 0 Å². The molecule has 0 aliphatic rings. The largest absolute Gasteiger partial charge is 0.493 e. The van der Waals surface area contributed by atoms with E-state index < -0.39 is 0 Å². The molecule has 0 spiro atoms. The average molecular weight is 255 g/mol. The van der Waals surface area contributed by atoms with Gasteiger partial charge in [-0.15, -0.1) is 0 Å². The van der Waals surface area contributed by atoms with E-state index in [1.54, 1.807) is 0 Å². The summed E-state index contributed by atoms with van der Waals surface area (Å²) in [5.74, 6) is 0.938. The van der Waals surface area contributed by atoms with Gasteiger partial charge in [-0.3, -0.25) is 0 Å². The van der Waals surface area contributed by atoms with E-state index in [4.69, 9.17) is 4.74 Å². The summed E-state index contributed by atoms with van der Waals surface area (Å²) in [6, 6.07) is 18.5. The van der Waals surface area contributed by atoms with Gasteiger partial charge in [0.05, 0.1) is 6.61 Å². The minimum absolute atomic E-state index is 0.717. The Morgan fingerprint density at radius 2 is 1.47 bits per heavy atom. The molecule has 0 saturated heterocycles. The number of ether oxygens (including phenoxy) is 1. The van der Waals surface area contributed by atoms with Crippen LogP contribution in [0.25, 0.3) is 0 Å². The van der Waals surface area contributed by atoms with Crippen LogP contribution in [0.15, 0.2) is 54.6 Å². The van der Waals surface area contributed by atoms with Crippen molar-refractivity contribution in [2.75, 3.05) is 20.7 Å². The third-order valence-corrected chi connectivity index (χ3v) is 2.99. The van der Waals surface area contributed by atoms with Crippen molar-refractivity contribution in [3.05, 3.63) is 65.7 Å². The topological polar surface area (TPSA) is 12.5 Å². The Bertz CT molecular complexity index is 494. The number of benzene rings is 2. The molecule has 2 nitrogen and oxygen atoms in total. The quantitative estimate of drug-likeness (QED) is 0.784. The van der Waals surface area contributed by atoms with Crippen molar-refractivity contribution in [1.29, 1.82) is 0 Å². The van der Waals surface area contributed by atoms with Crippen LogP contribution in [0.2, 0.25) is 0 Å². The Morgan fingerprint density at radius 1 is 0.842 bits per heavy atom. The highest BCUT2D eigenvalue weighted by atomic mass is 16.5. The smallest absolute Gasteiger partial charge is 0.119 e. The van der Waals surface area contributed by atoms with Crippen LogP contribution in [0.1, 0.15) is 11.1 Å². The highest BCUT2D eigenvalue weighted by molar-refractivity contribution is 5.27. The molecule has 2 heteroatoms. The minimum atomic E-state index is 0.717. The molecule has 0 atom stereocenters. The lowest BCUT2D eigenvalue weighted by Crippen LogP contribution is -2.13. The Labute approximate surface area is 115 Å². The monoisotopic (exact) mass is 255 g/mol. The zero-order chi connectivity index (χ0) is 13.5.